The Kier molecular flexibility index (Phi) is 9.21. The van der Waals surface area contributed by atoms with E-state index in [9.17, 15) is 0 Å². The maximum atomic E-state index is 2.55. The van der Waals surface area contributed by atoms with Gasteiger partial charge < -0.3 is 4.57 Å². The Morgan fingerprint density at radius 2 is 1.62 bits per heavy atom. The van der Waals surface area contributed by atoms with E-state index in [1.165, 1.54) is 62.6 Å². The fraction of sp³-hybridized carbons (Fsp3) is 0.700. The van der Waals surface area contributed by atoms with Gasteiger partial charge in [-0.05, 0) is 43.9 Å². The minimum atomic E-state index is 0.688. The van der Waals surface area contributed by atoms with E-state index in [1.807, 2.05) is 0 Å². The van der Waals surface area contributed by atoms with Gasteiger partial charge in [-0.1, -0.05) is 65.4 Å². The highest BCUT2D eigenvalue weighted by molar-refractivity contribution is 5.50. The molecule has 0 saturated carbocycles. The first-order chi connectivity index (χ1) is 10.2. The van der Waals surface area contributed by atoms with Crippen LogP contribution in [-0.2, 0) is 0 Å². The van der Waals surface area contributed by atoms with Gasteiger partial charge in [0, 0.05) is 17.9 Å². The Labute approximate surface area is 132 Å². The van der Waals surface area contributed by atoms with Crippen molar-refractivity contribution in [3.8, 4) is 0 Å². The Hall–Kier alpha value is -0.980. The van der Waals surface area contributed by atoms with Crippen molar-refractivity contribution < 1.29 is 0 Å². The van der Waals surface area contributed by atoms with Gasteiger partial charge in [0.2, 0.25) is 0 Å². The van der Waals surface area contributed by atoms with Gasteiger partial charge in [0.05, 0.1) is 0 Å². The molecule has 120 valence electrons. The molecule has 1 nitrogen and oxygen atoms in total. The van der Waals surface area contributed by atoms with Crippen molar-refractivity contribution in [2.24, 2.45) is 0 Å². The molecule has 0 fully saturated rings. The van der Waals surface area contributed by atoms with Crippen LogP contribution in [0.4, 0.5) is 0 Å². The summed E-state index contributed by atoms with van der Waals surface area (Å²) in [6.45, 7) is 9.03. The normalized spacial score (nSPS) is 11.9. The lowest BCUT2D eigenvalue weighted by atomic mass is 10.0. The molecule has 0 aliphatic heterocycles. The zero-order valence-electron chi connectivity index (χ0n) is 14.7. The highest BCUT2D eigenvalue weighted by Crippen LogP contribution is 2.27. The largest absolute Gasteiger partial charge is 0.345 e. The topological polar surface area (TPSA) is 4.93 Å². The van der Waals surface area contributed by atoms with Crippen LogP contribution in [0.5, 0.6) is 0 Å². The van der Waals surface area contributed by atoms with E-state index in [1.54, 1.807) is 0 Å². The highest BCUT2D eigenvalue weighted by Gasteiger charge is 2.14. The molecule has 0 radical (unpaired) electrons. The molecule has 0 spiro atoms. The van der Waals surface area contributed by atoms with Gasteiger partial charge >= 0.3 is 0 Å². The lowest BCUT2D eigenvalue weighted by Gasteiger charge is -2.21. The fourth-order valence-corrected chi connectivity index (χ4v) is 3.01. The first-order valence-corrected chi connectivity index (χ1v) is 9.08. The molecule has 0 saturated heterocycles. The summed E-state index contributed by atoms with van der Waals surface area (Å²) in [6.07, 6.45) is 18.8. The predicted octanol–water partition coefficient (Wildman–Crippen LogP) is 6.92. The van der Waals surface area contributed by atoms with Gasteiger partial charge in [-0.15, -0.1) is 0 Å². The van der Waals surface area contributed by atoms with Crippen LogP contribution in [-0.4, -0.2) is 4.57 Å². The van der Waals surface area contributed by atoms with Gasteiger partial charge in [-0.2, -0.15) is 0 Å². The monoisotopic (exact) mass is 289 g/mol. The first kappa shape index (κ1) is 18.1. The highest BCUT2D eigenvalue weighted by atomic mass is 15.0. The van der Waals surface area contributed by atoms with Crippen LogP contribution in [0.3, 0.4) is 0 Å². The standard InChI is InChI=1S/C20H35N/c1-5-8-11-13-19(14-12-9-6-2)21-17-16-18(4)20(21)15-10-7-3/h10,15-17,19H,5-9,11-14H2,1-4H3/b15-10-. The Bertz CT molecular complexity index is 390. The molecule has 0 aliphatic carbocycles. The van der Waals surface area contributed by atoms with Crippen LogP contribution < -0.4 is 0 Å². The van der Waals surface area contributed by atoms with Crippen molar-refractivity contribution in [2.45, 2.75) is 91.5 Å². The summed E-state index contributed by atoms with van der Waals surface area (Å²) in [5, 5.41) is 0. The quantitative estimate of drug-likeness (QED) is 0.389. The number of rotatable bonds is 11. The average molecular weight is 290 g/mol. The molecule has 0 amide bonds. The number of hydrogen-bond donors (Lipinski definition) is 0. The molecule has 1 aromatic rings. The molecule has 0 aromatic carbocycles. The number of hydrogen-bond acceptors (Lipinski definition) is 0. The molecule has 1 heterocycles. The van der Waals surface area contributed by atoms with E-state index in [-0.39, 0.29) is 0 Å². The van der Waals surface area contributed by atoms with Gasteiger partial charge in [0.15, 0.2) is 0 Å². The van der Waals surface area contributed by atoms with E-state index in [0.717, 1.165) is 6.42 Å². The number of unbranched alkanes of at least 4 members (excludes halogenated alkanes) is 4. The molecular formula is C20H35N. The minimum Gasteiger partial charge on any atom is -0.345 e. The predicted molar refractivity (Wildman–Crippen MR) is 95.8 cm³/mol. The summed E-state index contributed by atoms with van der Waals surface area (Å²) in [7, 11) is 0. The SMILES string of the molecule is CC/C=C\c1c(C)ccn1C(CCCCC)CCCCC. The Morgan fingerprint density at radius 3 is 2.14 bits per heavy atom. The zero-order chi connectivity index (χ0) is 15.5. The molecule has 0 unspecified atom stereocenters. The van der Waals surface area contributed by atoms with Crippen molar-refractivity contribution in [2.75, 3.05) is 0 Å². The molecular weight excluding hydrogens is 254 g/mol. The molecule has 0 atom stereocenters. The van der Waals surface area contributed by atoms with E-state index in [0.29, 0.717) is 6.04 Å². The maximum Gasteiger partial charge on any atom is 0.0435 e. The third kappa shape index (κ3) is 6.11. The van der Waals surface area contributed by atoms with Crippen molar-refractivity contribution in [1.82, 2.24) is 4.57 Å². The van der Waals surface area contributed by atoms with Gasteiger partial charge in [0.25, 0.3) is 0 Å². The summed E-state index contributed by atoms with van der Waals surface area (Å²) in [5.74, 6) is 0. The first-order valence-electron chi connectivity index (χ1n) is 9.08. The third-order valence-electron chi connectivity index (χ3n) is 4.35. The lowest BCUT2D eigenvalue weighted by molar-refractivity contribution is 0.400. The van der Waals surface area contributed by atoms with Crippen LogP contribution in [0, 0.1) is 6.92 Å². The molecule has 0 aliphatic rings. The van der Waals surface area contributed by atoms with Crippen LogP contribution >= 0.6 is 0 Å². The van der Waals surface area contributed by atoms with Crippen LogP contribution in [0.2, 0.25) is 0 Å². The minimum absolute atomic E-state index is 0.688. The van der Waals surface area contributed by atoms with Crippen molar-refractivity contribution in [3.05, 3.63) is 29.6 Å². The molecule has 21 heavy (non-hydrogen) atoms. The van der Waals surface area contributed by atoms with E-state index in [2.05, 4.69) is 56.7 Å². The summed E-state index contributed by atoms with van der Waals surface area (Å²) < 4.78 is 2.55. The fourth-order valence-electron chi connectivity index (χ4n) is 3.01. The van der Waals surface area contributed by atoms with E-state index < -0.39 is 0 Å². The van der Waals surface area contributed by atoms with Crippen LogP contribution in [0.1, 0.15) is 95.9 Å². The van der Waals surface area contributed by atoms with E-state index >= 15 is 0 Å². The maximum absolute atomic E-state index is 2.55. The van der Waals surface area contributed by atoms with E-state index in [4.69, 9.17) is 0 Å². The molecule has 0 bridgehead atoms. The number of allylic oxidation sites excluding steroid dienone is 1. The Balaban J connectivity index is 2.82. The molecule has 0 N–H and O–H groups in total. The lowest BCUT2D eigenvalue weighted by Crippen LogP contribution is -2.10. The molecule has 1 heteroatoms. The van der Waals surface area contributed by atoms with Crippen molar-refractivity contribution in [3.63, 3.8) is 0 Å². The smallest absolute Gasteiger partial charge is 0.0435 e. The van der Waals surface area contributed by atoms with Crippen molar-refractivity contribution >= 4 is 6.08 Å². The van der Waals surface area contributed by atoms with Crippen molar-refractivity contribution in [1.29, 1.82) is 0 Å². The average Bonchev–Trinajstić information content (AvgIpc) is 2.85. The second kappa shape index (κ2) is 10.7. The van der Waals surface area contributed by atoms with Gasteiger partial charge in [-0.25, -0.2) is 0 Å². The Morgan fingerprint density at radius 1 is 1.00 bits per heavy atom. The number of nitrogens with zero attached hydrogens (tertiary/aromatic N) is 1. The summed E-state index contributed by atoms with van der Waals surface area (Å²) in [6, 6.07) is 2.97. The molecule has 1 rings (SSSR count). The van der Waals surface area contributed by atoms with Gasteiger partial charge in [0.1, 0.15) is 0 Å². The number of aromatic nitrogens is 1. The van der Waals surface area contributed by atoms with Gasteiger partial charge in [-0.3, -0.25) is 0 Å². The second-order valence-electron chi connectivity index (χ2n) is 6.25. The summed E-state index contributed by atoms with van der Waals surface area (Å²) >= 11 is 0. The number of aryl methyl sites for hydroxylation is 1. The van der Waals surface area contributed by atoms with Crippen LogP contribution in [0.25, 0.3) is 6.08 Å². The summed E-state index contributed by atoms with van der Waals surface area (Å²) in [4.78, 5) is 0. The third-order valence-corrected chi connectivity index (χ3v) is 4.35. The van der Waals surface area contributed by atoms with Crippen LogP contribution in [0.15, 0.2) is 18.3 Å². The second-order valence-corrected chi connectivity index (χ2v) is 6.25. The molecule has 1 aromatic heterocycles. The summed E-state index contributed by atoms with van der Waals surface area (Å²) in [5.41, 5.74) is 2.84. The zero-order valence-corrected chi connectivity index (χ0v) is 14.7.